The number of hydrogen-bond acceptors (Lipinski definition) is 6. The summed E-state index contributed by atoms with van der Waals surface area (Å²) in [5.41, 5.74) is 13.7. The van der Waals surface area contributed by atoms with Gasteiger partial charge in [-0.05, 0) is 44.8 Å². The van der Waals surface area contributed by atoms with Crippen LogP contribution in [0.4, 0.5) is 11.4 Å². The molecule has 1 heterocycles. The van der Waals surface area contributed by atoms with Crippen molar-refractivity contribution in [1.29, 1.82) is 0 Å². The summed E-state index contributed by atoms with van der Waals surface area (Å²) in [6, 6.07) is 5.48. The number of rotatable bonds is 4. The van der Waals surface area contributed by atoms with Crippen molar-refractivity contribution in [2.24, 2.45) is 0 Å². The minimum atomic E-state index is -0.525. The lowest BCUT2D eigenvalue weighted by molar-refractivity contribution is -0.109. The van der Waals surface area contributed by atoms with Gasteiger partial charge in [0.25, 0.3) is 0 Å². The van der Waals surface area contributed by atoms with Gasteiger partial charge in [-0.2, -0.15) is 0 Å². The summed E-state index contributed by atoms with van der Waals surface area (Å²) in [6.45, 7) is 9.53. The van der Waals surface area contributed by atoms with E-state index in [1.807, 2.05) is 45.9 Å². The van der Waals surface area contributed by atoms with Crippen LogP contribution in [0.3, 0.4) is 0 Å². The first-order chi connectivity index (χ1) is 11.0. The number of thioether (sulfide) groups is 1. The Balaban J connectivity index is 2.37. The molecule has 130 valence electrons. The van der Waals surface area contributed by atoms with Gasteiger partial charge in [0, 0.05) is 12.7 Å². The van der Waals surface area contributed by atoms with Crippen molar-refractivity contribution in [3.8, 4) is 0 Å². The summed E-state index contributed by atoms with van der Waals surface area (Å²) in [7, 11) is -0.525. The van der Waals surface area contributed by atoms with E-state index in [1.165, 1.54) is 11.8 Å². The van der Waals surface area contributed by atoms with Gasteiger partial charge in [0.1, 0.15) is 0 Å². The molecule has 0 aliphatic carbocycles. The van der Waals surface area contributed by atoms with Crippen molar-refractivity contribution in [3.63, 3.8) is 0 Å². The lowest BCUT2D eigenvalue weighted by atomic mass is 9.78. The van der Waals surface area contributed by atoms with Crippen molar-refractivity contribution in [3.05, 3.63) is 29.2 Å². The maximum Gasteiger partial charge on any atom is 0.491 e. The first-order valence-electron chi connectivity index (χ1n) is 7.87. The molecule has 24 heavy (non-hydrogen) atoms. The third-order valence-electron chi connectivity index (χ3n) is 4.51. The molecule has 4 N–H and O–H groups in total. The monoisotopic (exact) mass is 348 g/mol. The highest BCUT2D eigenvalue weighted by Crippen LogP contribution is 2.39. The maximum atomic E-state index is 11.4. The van der Waals surface area contributed by atoms with Crippen molar-refractivity contribution < 1.29 is 14.1 Å². The molecule has 0 amide bonds. The van der Waals surface area contributed by atoms with E-state index in [1.54, 1.807) is 13.0 Å². The van der Waals surface area contributed by atoms with E-state index in [0.717, 1.165) is 11.0 Å². The molecular formula is C17H25BN2O3S. The maximum absolute atomic E-state index is 11.4. The molecule has 1 aliphatic heterocycles. The molecule has 1 fully saturated rings. The topological polar surface area (TPSA) is 87.6 Å². The number of para-hydroxylation sites is 1. The zero-order valence-electron chi connectivity index (χ0n) is 14.9. The molecule has 0 unspecified atom stereocenters. The van der Waals surface area contributed by atoms with E-state index in [0.29, 0.717) is 17.1 Å². The summed E-state index contributed by atoms with van der Waals surface area (Å²) in [4.78, 5) is 11.4. The van der Waals surface area contributed by atoms with Crippen LogP contribution in [0.5, 0.6) is 0 Å². The second-order valence-electron chi connectivity index (χ2n) is 6.94. The molecule has 2 rings (SSSR count). The molecule has 0 radical (unpaired) electrons. The van der Waals surface area contributed by atoms with E-state index in [2.05, 4.69) is 0 Å². The summed E-state index contributed by atoms with van der Waals surface area (Å²) >= 11 is 1.22. The van der Waals surface area contributed by atoms with Crippen LogP contribution in [0.15, 0.2) is 23.7 Å². The lowest BCUT2D eigenvalue weighted by Crippen LogP contribution is -2.41. The number of benzene rings is 1. The number of nitrogen functional groups attached to an aromatic ring is 2. The number of anilines is 2. The molecule has 1 aromatic carbocycles. The largest absolute Gasteiger partial charge is 0.491 e. The van der Waals surface area contributed by atoms with Gasteiger partial charge >= 0.3 is 7.12 Å². The molecule has 0 atom stereocenters. The summed E-state index contributed by atoms with van der Waals surface area (Å²) in [5, 5.41) is 0.0398. The number of hydrogen-bond donors (Lipinski definition) is 2. The predicted molar refractivity (Wildman–Crippen MR) is 102 cm³/mol. The highest BCUT2D eigenvalue weighted by atomic mass is 32.2. The average molecular weight is 348 g/mol. The zero-order valence-corrected chi connectivity index (χ0v) is 15.7. The number of carbonyl (C=O) groups is 1. The zero-order chi connectivity index (χ0) is 18.1. The normalized spacial score (nSPS) is 19.5. The Kier molecular flexibility index (Phi) is 5.37. The summed E-state index contributed by atoms with van der Waals surface area (Å²) in [5.74, 6) is 0.473. The van der Waals surface area contributed by atoms with Gasteiger partial charge in [-0.1, -0.05) is 30.0 Å². The van der Waals surface area contributed by atoms with Crippen LogP contribution < -0.4 is 11.5 Å². The third-order valence-corrected chi connectivity index (χ3v) is 5.40. The highest BCUT2D eigenvalue weighted by Gasteiger charge is 2.52. The Labute approximate surface area is 148 Å². The first-order valence-corrected chi connectivity index (χ1v) is 8.85. The fourth-order valence-electron chi connectivity index (χ4n) is 2.28. The molecule has 0 saturated carbocycles. The van der Waals surface area contributed by atoms with Crippen molar-refractivity contribution in [2.75, 3.05) is 17.2 Å². The van der Waals surface area contributed by atoms with Gasteiger partial charge in [-0.3, -0.25) is 4.79 Å². The van der Waals surface area contributed by atoms with E-state index < -0.39 is 18.3 Å². The minimum Gasteiger partial charge on any atom is -0.400 e. The summed E-state index contributed by atoms with van der Waals surface area (Å²) in [6.07, 6.45) is 1.91. The molecule has 0 spiro atoms. The Bertz CT molecular complexity index is 658. The van der Waals surface area contributed by atoms with Crippen LogP contribution in [0.1, 0.15) is 40.2 Å². The lowest BCUT2D eigenvalue weighted by Gasteiger charge is -2.32. The molecule has 1 aromatic rings. The van der Waals surface area contributed by atoms with Crippen molar-refractivity contribution in [1.82, 2.24) is 0 Å². The molecular weight excluding hydrogens is 323 g/mol. The van der Waals surface area contributed by atoms with Crippen molar-refractivity contribution >= 4 is 41.4 Å². The Hall–Kier alpha value is -1.44. The van der Waals surface area contributed by atoms with E-state index in [-0.39, 0.29) is 5.12 Å². The molecule has 5 nitrogen and oxygen atoms in total. The SMILES string of the molecule is CC(=O)SCC(=Cc1cccc(N)c1N)B1OC(C)(C)C(C)(C)O1. The molecule has 7 heteroatoms. The first kappa shape index (κ1) is 18.9. The van der Waals surface area contributed by atoms with Crippen molar-refractivity contribution in [2.45, 2.75) is 45.8 Å². The van der Waals surface area contributed by atoms with Crippen LogP contribution >= 0.6 is 11.8 Å². The minimum absolute atomic E-state index is 0.0398. The van der Waals surface area contributed by atoms with Crippen LogP contribution in [-0.2, 0) is 14.1 Å². The average Bonchev–Trinajstić information content (AvgIpc) is 2.67. The van der Waals surface area contributed by atoms with Gasteiger partial charge in [-0.15, -0.1) is 0 Å². The number of carbonyl (C=O) groups excluding carboxylic acids is 1. The Morgan fingerprint density at radius 2 is 1.79 bits per heavy atom. The standard InChI is InChI=1S/C17H25BN2O3S/c1-11(21)24-10-13(9-12-7-6-8-14(19)15(12)20)18-22-16(2,3)17(4,5)23-18/h6-9H,10,19-20H2,1-5H3. The van der Waals surface area contributed by atoms with E-state index in [4.69, 9.17) is 20.8 Å². The third kappa shape index (κ3) is 3.96. The fourth-order valence-corrected chi connectivity index (χ4v) is 2.87. The van der Waals surface area contributed by atoms with Gasteiger partial charge in [0.15, 0.2) is 5.12 Å². The number of nitrogens with two attached hydrogens (primary N) is 2. The van der Waals surface area contributed by atoms with Gasteiger partial charge in [0.05, 0.1) is 22.6 Å². The Morgan fingerprint density at radius 1 is 1.21 bits per heavy atom. The van der Waals surface area contributed by atoms with Gasteiger partial charge in [-0.25, -0.2) is 0 Å². The second kappa shape index (κ2) is 6.82. The molecule has 0 bridgehead atoms. The van der Waals surface area contributed by atoms with E-state index >= 15 is 0 Å². The van der Waals surface area contributed by atoms with Crippen LogP contribution in [0, 0.1) is 0 Å². The Morgan fingerprint density at radius 3 is 2.33 bits per heavy atom. The quantitative estimate of drug-likeness (QED) is 0.642. The predicted octanol–water partition coefficient (Wildman–Crippen LogP) is 3.15. The van der Waals surface area contributed by atoms with Crippen LogP contribution in [0.2, 0.25) is 0 Å². The molecule has 0 aromatic heterocycles. The highest BCUT2D eigenvalue weighted by molar-refractivity contribution is 8.13. The fraction of sp³-hybridized carbons (Fsp3) is 0.471. The summed E-state index contributed by atoms with van der Waals surface area (Å²) < 4.78 is 12.2. The van der Waals surface area contributed by atoms with Gasteiger partial charge < -0.3 is 20.8 Å². The van der Waals surface area contributed by atoms with Crippen LogP contribution in [-0.4, -0.2) is 29.2 Å². The smallest absolute Gasteiger partial charge is 0.400 e. The van der Waals surface area contributed by atoms with Crippen LogP contribution in [0.25, 0.3) is 6.08 Å². The second-order valence-corrected chi connectivity index (χ2v) is 8.09. The van der Waals surface area contributed by atoms with E-state index in [9.17, 15) is 4.79 Å². The molecule has 1 aliphatic rings. The van der Waals surface area contributed by atoms with Gasteiger partial charge in [0.2, 0.25) is 0 Å². The molecule has 1 saturated heterocycles.